The molecule has 8 heteroatoms. The highest BCUT2D eigenvalue weighted by molar-refractivity contribution is 7.89. The van der Waals surface area contributed by atoms with Crippen LogP contribution in [0.15, 0.2) is 64.4 Å². The van der Waals surface area contributed by atoms with Crippen molar-refractivity contribution in [1.29, 1.82) is 0 Å². The van der Waals surface area contributed by atoms with Gasteiger partial charge >= 0.3 is 0 Å². The maximum absolute atomic E-state index is 13.6. The molecule has 0 saturated carbocycles. The van der Waals surface area contributed by atoms with Crippen LogP contribution in [0.3, 0.4) is 0 Å². The van der Waals surface area contributed by atoms with Crippen LogP contribution in [0.1, 0.15) is 18.0 Å². The molecule has 1 fully saturated rings. The first-order valence-corrected chi connectivity index (χ1v) is 11.2. The summed E-state index contributed by atoms with van der Waals surface area (Å²) in [4.78, 5) is 12.5. The van der Waals surface area contributed by atoms with Gasteiger partial charge in [0, 0.05) is 56.1 Å². The predicted octanol–water partition coefficient (Wildman–Crippen LogP) is 2.06. The van der Waals surface area contributed by atoms with Crippen molar-refractivity contribution >= 4 is 10.0 Å². The van der Waals surface area contributed by atoms with E-state index in [4.69, 9.17) is 0 Å². The SMILES string of the molecule is Cn1cc(S(=O)(=O)N2CC3CC(C2)c2cccc(=O)n2C3)c(-c2ccccc2)n1. The van der Waals surface area contributed by atoms with Crippen molar-refractivity contribution in [2.24, 2.45) is 13.0 Å². The van der Waals surface area contributed by atoms with E-state index >= 15 is 0 Å². The Hall–Kier alpha value is -2.71. The van der Waals surface area contributed by atoms with E-state index in [0.717, 1.165) is 17.7 Å². The maximum atomic E-state index is 13.6. The molecule has 2 bridgehead atoms. The molecule has 7 nitrogen and oxygen atoms in total. The van der Waals surface area contributed by atoms with Gasteiger partial charge in [0.2, 0.25) is 10.0 Å². The summed E-state index contributed by atoms with van der Waals surface area (Å²) in [7, 11) is -1.98. The Balaban J connectivity index is 1.54. The molecule has 2 atom stereocenters. The first-order valence-electron chi connectivity index (χ1n) is 9.72. The van der Waals surface area contributed by atoms with Crippen molar-refractivity contribution in [2.45, 2.75) is 23.8 Å². The molecule has 2 unspecified atom stereocenters. The smallest absolute Gasteiger partial charge is 0.250 e. The van der Waals surface area contributed by atoms with Crippen LogP contribution in [0.2, 0.25) is 0 Å². The number of aryl methyl sites for hydroxylation is 1. The molecule has 2 aliphatic heterocycles. The molecule has 2 aromatic heterocycles. The summed E-state index contributed by atoms with van der Waals surface area (Å²) in [6, 6.07) is 14.7. The maximum Gasteiger partial charge on any atom is 0.250 e. The lowest BCUT2D eigenvalue weighted by Crippen LogP contribution is -2.49. The van der Waals surface area contributed by atoms with Gasteiger partial charge in [-0.15, -0.1) is 0 Å². The van der Waals surface area contributed by atoms with E-state index in [9.17, 15) is 13.2 Å². The first-order chi connectivity index (χ1) is 13.9. The third-order valence-electron chi connectivity index (χ3n) is 5.91. The largest absolute Gasteiger partial charge is 0.312 e. The molecule has 29 heavy (non-hydrogen) atoms. The van der Waals surface area contributed by atoms with Crippen LogP contribution >= 0.6 is 0 Å². The average Bonchev–Trinajstić information content (AvgIpc) is 3.12. The molecule has 1 aromatic carbocycles. The Morgan fingerprint density at radius 1 is 1.00 bits per heavy atom. The molecular weight excluding hydrogens is 388 g/mol. The number of hydrogen-bond acceptors (Lipinski definition) is 4. The van der Waals surface area contributed by atoms with E-state index in [1.165, 1.54) is 0 Å². The normalized spacial score (nSPS) is 21.7. The Morgan fingerprint density at radius 2 is 1.79 bits per heavy atom. The highest BCUT2D eigenvalue weighted by Gasteiger charge is 2.40. The topological polar surface area (TPSA) is 77.2 Å². The lowest BCUT2D eigenvalue weighted by Gasteiger charge is -2.41. The van der Waals surface area contributed by atoms with Gasteiger partial charge in [0.15, 0.2) is 0 Å². The van der Waals surface area contributed by atoms with Crippen molar-refractivity contribution < 1.29 is 8.42 Å². The Morgan fingerprint density at radius 3 is 2.59 bits per heavy atom. The van der Waals surface area contributed by atoms with Crippen molar-refractivity contribution in [3.8, 4) is 11.3 Å². The summed E-state index contributed by atoms with van der Waals surface area (Å²) in [6.07, 6.45) is 2.49. The van der Waals surface area contributed by atoms with Crippen molar-refractivity contribution in [3.63, 3.8) is 0 Å². The number of aromatic nitrogens is 3. The molecule has 0 radical (unpaired) electrons. The number of fused-ring (bicyclic) bond motifs is 4. The minimum atomic E-state index is -3.71. The Bertz CT molecular complexity index is 1230. The van der Waals surface area contributed by atoms with Gasteiger partial charge in [-0.05, 0) is 18.4 Å². The van der Waals surface area contributed by atoms with E-state index in [1.807, 2.05) is 41.0 Å². The molecular formula is C21H22N4O3S. The molecule has 0 amide bonds. The number of sulfonamides is 1. The average molecular weight is 410 g/mol. The molecule has 4 heterocycles. The van der Waals surface area contributed by atoms with Crippen LogP contribution in [0.5, 0.6) is 0 Å². The van der Waals surface area contributed by atoms with Crippen LogP contribution < -0.4 is 5.56 Å². The quantitative estimate of drug-likeness (QED) is 0.662. The van der Waals surface area contributed by atoms with Crippen molar-refractivity contribution in [3.05, 3.63) is 70.8 Å². The van der Waals surface area contributed by atoms with Gasteiger partial charge < -0.3 is 4.57 Å². The van der Waals surface area contributed by atoms with Crippen LogP contribution in [-0.2, 0) is 23.6 Å². The van der Waals surface area contributed by atoms with Gasteiger partial charge in [0.1, 0.15) is 10.6 Å². The highest BCUT2D eigenvalue weighted by atomic mass is 32.2. The highest BCUT2D eigenvalue weighted by Crippen LogP contribution is 2.38. The fraction of sp³-hybridized carbons (Fsp3) is 0.333. The second kappa shape index (κ2) is 6.67. The zero-order chi connectivity index (χ0) is 20.2. The number of pyridine rings is 1. The van der Waals surface area contributed by atoms with E-state index in [2.05, 4.69) is 5.10 Å². The predicted molar refractivity (Wildman–Crippen MR) is 109 cm³/mol. The first kappa shape index (κ1) is 18.3. The van der Waals surface area contributed by atoms with Gasteiger partial charge in [-0.2, -0.15) is 9.40 Å². The Kier molecular flexibility index (Phi) is 4.22. The third kappa shape index (κ3) is 3.03. The fourth-order valence-corrected chi connectivity index (χ4v) is 6.39. The van der Waals surface area contributed by atoms with Crippen LogP contribution in [0.4, 0.5) is 0 Å². The lowest BCUT2D eigenvalue weighted by molar-refractivity contribution is 0.186. The molecule has 5 rings (SSSR count). The molecule has 0 spiro atoms. The van der Waals surface area contributed by atoms with Gasteiger partial charge in [0.05, 0.1) is 0 Å². The molecule has 1 saturated heterocycles. The summed E-state index contributed by atoms with van der Waals surface area (Å²) in [5.41, 5.74) is 2.18. The zero-order valence-corrected chi connectivity index (χ0v) is 16.9. The zero-order valence-electron chi connectivity index (χ0n) is 16.1. The summed E-state index contributed by atoms with van der Waals surface area (Å²) in [5.74, 6) is 0.163. The van der Waals surface area contributed by atoms with Crippen LogP contribution in [0, 0.1) is 5.92 Å². The Labute approximate surface area is 169 Å². The van der Waals surface area contributed by atoms with E-state index in [-0.39, 0.29) is 22.3 Å². The van der Waals surface area contributed by atoms with Crippen molar-refractivity contribution in [2.75, 3.05) is 13.1 Å². The standard InChI is InChI=1S/C21H22N4O3S/c1-23-14-19(21(22-23)16-6-3-2-4-7-16)29(27,28)24-11-15-10-17(13-24)18-8-5-9-20(26)25(18)12-15/h2-9,14-15,17H,10-13H2,1H3. The summed E-state index contributed by atoms with van der Waals surface area (Å²) >= 11 is 0. The molecule has 3 aromatic rings. The van der Waals surface area contributed by atoms with Crippen LogP contribution in [-0.4, -0.2) is 40.2 Å². The van der Waals surface area contributed by atoms with E-state index < -0.39 is 10.0 Å². The van der Waals surface area contributed by atoms with Gasteiger partial charge in [-0.3, -0.25) is 9.48 Å². The summed E-state index contributed by atoms with van der Waals surface area (Å²) in [5, 5.41) is 4.43. The van der Waals surface area contributed by atoms with Crippen molar-refractivity contribution in [1.82, 2.24) is 18.7 Å². The minimum absolute atomic E-state index is 0.00729. The third-order valence-corrected chi connectivity index (χ3v) is 7.74. The monoisotopic (exact) mass is 410 g/mol. The minimum Gasteiger partial charge on any atom is -0.312 e. The van der Waals surface area contributed by atoms with Crippen LogP contribution in [0.25, 0.3) is 11.3 Å². The number of piperidine rings is 1. The molecule has 150 valence electrons. The summed E-state index contributed by atoms with van der Waals surface area (Å²) < 4.78 is 32.2. The number of hydrogen-bond donors (Lipinski definition) is 0. The molecule has 2 aliphatic rings. The number of rotatable bonds is 3. The van der Waals surface area contributed by atoms with E-state index in [1.54, 1.807) is 34.4 Å². The van der Waals surface area contributed by atoms with Gasteiger partial charge in [-0.1, -0.05) is 36.4 Å². The lowest BCUT2D eigenvalue weighted by atomic mass is 9.84. The molecule has 0 N–H and O–H groups in total. The van der Waals surface area contributed by atoms with Gasteiger partial charge in [-0.25, -0.2) is 8.42 Å². The summed E-state index contributed by atoms with van der Waals surface area (Å²) in [6.45, 7) is 1.37. The number of benzene rings is 1. The second-order valence-electron chi connectivity index (χ2n) is 7.90. The fourth-order valence-electron chi connectivity index (χ4n) is 4.64. The second-order valence-corrected chi connectivity index (χ2v) is 9.81. The number of nitrogens with zero attached hydrogens (tertiary/aromatic N) is 4. The van der Waals surface area contributed by atoms with Gasteiger partial charge in [0.25, 0.3) is 5.56 Å². The van der Waals surface area contributed by atoms with E-state index in [0.29, 0.717) is 25.3 Å². The molecule has 0 aliphatic carbocycles.